The van der Waals surface area contributed by atoms with Crippen LogP contribution in [0.2, 0.25) is 5.02 Å². The molecule has 12 heteroatoms. The van der Waals surface area contributed by atoms with Crippen LogP contribution in [0, 0.1) is 10.9 Å². The van der Waals surface area contributed by atoms with Gasteiger partial charge in [-0.05, 0) is 18.2 Å². The summed E-state index contributed by atoms with van der Waals surface area (Å²) < 4.78 is 4.88. The molecule has 150 valence electrons. The summed E-state index contributed by atoms with van der Waals surface area (Å²) in [6, 6.07) is 3.19. The number of carboxylic acid groups (broad SMARTS) is 1. The second-order valence-corrected chi connectivity index (χ2v) is 6.28. The number of nitrogens with one attached hydrogen (secondary N) is 2. The molecule has 1 unspecified atom stereocenters. The third kappa shape index (κ3) is 4.43. The zero-order valence-corrected chi connectivity index (χ0v) is 15.7. The number of anilines is 2. The van der Waals surface area contributed by atoms with Crippen LogP contribution in [0.3, 0.4) is 0 Å². The van der Waals surface area contributed by atoms with Crippen molar-refractivity contribution in [1.82, 2.24) is 4.90 Å². The first kappa shape index (κ1) is 21.3. The number of carbonyl (C=O) groups excluding carboxylic acids is 2. The van der Waals surface area contributed by atoms with Crippen molar-refractivity contribution in [1.29, 1.82) is 10.9 Å². The maximum Gasteiger partial charge on any atom is 0.326 e. The Hall–Kier alpha value is -3.05. The Labute approximate surface area is 165 Å². The molecule has 0 saturated carbocycles. The molecule has 0 aliphatic carbocycles. The van der Waals surface area contributed by atoms with Crippen LogP contribution < -0.4 is 9.91 Å². The third-order valence-corrected chi connectivity index (χ3v) is 4.42. The highest BCUT2D eigenvalue weighted by Gasteiger charge is 2.38. The van der Waals surface area contributed by atoms with Gasteiger partial charge in [0.15, 0.2) is 0 Å². The molecule has 0 bridgehead atoms. The zero-order valence-electron chi connectivity index (χ0n) is 15.0. The van der Waals surface area contributed by atoms with Gasteiger partial charge in [-0.25, -0.2) is 9.80 Å². The van der Waals surface area contributed by atoms with E-state index in [1.807, 2.05) is 0 Å². The average molecular weight is 411 g/mol. The van der Waals surface area contributed by atoms with Crippen LogP contribution in [0.1, 0.15) is 6.42 Å². The largest absolute Gasteiger partial charge is 0.480 e. The van der Waals surface area contributed by atoms with Gasteiger partial charge in [0.1, 0.15) is 25.5 Å². The maximum absolute atomic E-state index is 12.7. The highest BCUT2D eigenvalue weighted by Crippen LogP contribution is 2.33. The maximum atomic E-state index is 12.7. The Morgan fingerprint density at radius 3 is 2.71 bits per heavy atom. The van der Waals surface area contributed by atoms with Gasteiger partial charge in [0.05, 0.1) is 11.4 Å². The van der Waals surface area contributed by atoms with Crippen LogP contribution in [-0.4, -0.2) is 67.0 Å². The van der Waals surface area contributed by atoms with E-state index in [1.165, 1.54) is 25.3 Å². The van der Waals surface area contributed by atoms with E-state index in [9.17, 15) is 19.5 Å². The molecule has 3 N–H and O–H groups in total. The van der Waals surface area contributed by atoms with Crippen molar-refractivity contribution in [2.24, 2.45) is 5.22 Å². The lowest BCUT2D eigenvalue weighted by Gasteiger charge is -2.37. The van der Waals surface area contributed by atoms with Crippen molar-refractivity contribution >= 4 is 47.1 Å². The van der Waals surface area contributed by atoms with E-state index in [0.717, 1.165) is 21.1 Å². The summed E-state index contributed by atoms with van der Waals surface area (Å²) in [6.07, 6.45) is 0.820. The van der Waals surface area contributed by atoms with Gasteiger partial charge < -0.3 is 14.7 Å². The quantitative estimate of drug-likeness (QED) is 0.242. The molecule has 0 spiro atoms. The van der Waals surface area contributed by atoms with Crippen LogP contribution >= 0.6 is 11.6 Å². The number of amides is 2. The molecule has 1 heterocycles. The summed E-state index contributed by atoms with van der Waals surface area (Å²) in [4.78, 5) is 39.0. The minimum Gasteiger partial charge on any atom is -0.480 e. The van der Waals surface area contributed by atoms with Gasteiger partial charge in [-0.2, -0.15) is 5.53 Å². The number of aliphatic carboxylic acids is 1. The van der Waals surface area contributed by atoms with E-state index in [2.05, 4.69) is 5.22 Å². The molecular weight excluding hydrogens is 392 g/mol. The minimum absolute atomic E-state index is 0.0482. The van der Waals surface area contributed by atoms with Crippen molar-refractivity contribution in [2.75, 3.05) is 36.7 Å². The number of ether oxygens (including phenoxy) is 1. The van der Waals surface area contributed by atoms with Crippen molar-refractivity contribution < 1.29 is 24.2 Å². The lowest BCUT2D eigenvalue weighted by atomic mass is 10.1. The molecule has 2 rings (SSSR count). The fourth-order valence-electron chi connectivity index (χ4n) is 2.84. The van der Waals surface area contributed by atoms with Crippen LogP contribution in [0.15, 0.2) is 23.4 Å². The van der Waals surface area contributed by atoms with Crippen LogP contribution in [-0.2, 0) is 19.1 Å². The summed E-state index contributed by atoms with van der Waals surface area (Å²) in [5, 5.41) is 21.1. The van der Waals surface area contributed by atoms with E-state index >= 15 is 0 Å². The molecule has 2 amide bonds. The second kappa shape index (κ2) is 9.24. The number of methoxy groups -OCH3 is 1. The zero-order chi connectivity index (χ0) is 20.8. The predicted molar refractivity (Wildman–Crippen MR) is 99.8 cm³/mol. The molecule has 1 aromatic rings. The Kier molecular flexibility index (Phi) is 7.01. The lowest BCUT2D eigenvalue weighted by molar-refractivity contribution is -0.153. The van der Waals surface area contributed by atoms with Gasteiger partial charge in [-0.1, -0.05) is 16.8 Å². The highest BCUT2D eigenvalue weighted by molar-refractivity contribution is 6.31. The third-order valence-electron chi connectivity index (χ3n) is 4.18. The number of piperazine rings is 1. The molecule has 1 aromatic carbocycles. The monoisotopic (exact) mass is 410 g/mol. The average Bonchev–Trinajstić information content (AvgIpc) is 2.66. The van der Waals surface area contributed by atoms with Crippen molar-refractivity contribution in [3.05, 3.63) is 23.2 Å². The number of carbonyl (C=O) groups is 3. The Balaban J connectivity index is 2.35. The normalized spacial score (nSPS) is 15.4. The predicted octanol–water partition coefficient (Wildman–Crippen LogP) is 1.36. The first-order valence-electron chi connectivity index (χ1n) is 8.12. The molecule has 1 aliphatic rings. The highest BCUT2D eigenvalue weighted by atomic mass is 35.5. The molecule has 0 radical (unpaired) electrons. The lowest BCUT2D eigenvalue weighted by Crippen LogP contribution is -2.59. The smallest absolute Gasteiger partial charge is 0.326 e. The number of benzene rings is 1. The number of halogens is 1. The fraction of sp³-hybridized carbons (Fsp3) is 0.375. The SMILES string of the molecule is COCCC(C(=O)O)N1CC(=O)N(c2cc(Cl)ccc2N(C=N)N=N)CC1=O. The molecule has 11 nitrogen and oxygen atoms in total. The summed E-state index contributed by atoms with van der Waals surface area (Å²) in [5.41, 5.74) is 7.56. The van der Waals surface area contributed by atoms with Crippen molar-refractivity contribution in [3.63, 3.8) is 0 Å². The number of hydrogen-bond acceptors (Lipinski definition) is 7. The van der Waals surface area contributed by atoms with Gasteiger partial charge in [-0.15, -0.1) is 0 Å². The van der Waals surface area contributed by atoms with Gasteiger partial charge in [-0.3, -0.25) is 19.9 Å². The van der Waals surface area contributed by atoms with Gasteiger partial charge in [0, 0.05) is 25.2 Å². The summed E-state index contributed by atoms with van der Waals surface area (Å²) in [5.74, 6) is -2.31. The van der Waals surface area contributed by atoms with Gasteiger partial charge >= 0.3 is 5.97 Å². The van der Waals surface area contributed by atoms with E-state index in [0.29, 0.717) is 0 Å². The molecule has 1 atom stereocenters. The Morgan fingerprint density at radius 1 is 1.43 bits per heavy atom. The molecule has 1 saturated heterocycles. The molecule has 1 fully saturated rings. The number of carboxylic acids is 1. The Morgan fingerprint density at radius 2 is 2.14 bits per heavy atom. The van der Waals surface area contributed by atoms with Crippen LogP contribution in [0.25, 0.3) is 0 Å². The van der Waals surface area contributed by atoms with Crippen LogP contribution in [0.5, 0.6) is 0 Å². The molecular formula is C16H19ClN6O5. The van der Waals surface area contributed by atoms with Gasteiger partial charge in [0.25, 0.3) is 0 Å². The minimum atomic E-state index is -1.22. The van der Waals surface area contributed by atoms with Crippen LogP contribution in [0.4, 0.5) is 11.4 Å². The molecule has 0 aromatic heterocycles. The number of hydrogen-bond donors (Lipinski definition) is 3. The topological polar surface area (TPSA) is 150 Å². The first-order valence-corrected chi connectivity index (χ1v) is 8.50. The summed E-state index contributed by atoms with van der Waals surface area (Å²) in [7, 11) is 1.41. The van der Waals surface area contributed by atoms with E-state index in [1.54, 1.807) is 0 Å². The number of rotatable bonds is 9. The summed E-state index contributed by atoms with van der Waals surface area (Å²) >= 11 is 6.01. The molecule has 1 aliphatic heterocycles. The Bertz CT molecular complexity index is 796. The van der Waals surface area contributed by atoms with E-state index < -0.39 is 36.9 Å². The van der Waals surface area contributed by atoms with Gasteiger partial charge in [0.2, 0.25) is 11.8 Å². The summed E-state index contributed by atoms with van der Waals surface area (Å²) in [6.45, 7) is -0.725. The fourth-order valence-corrected chi connectivity index (χ4v) is 3.00. The van der Waals surface area contributed by atoms with Crippen molar-refractivity contribution in [2.45, 2.75) is 12.5 Å². The van der Waals surface area contributed by atoms with E-state index in [4.69, 9.17) is 27.3 Å². The standard InChI is InChI=1S/C16H19ClN6O5/c1-28-5-4-12(16(26)27)21-7-15(25)22(8-14(21)24)13-6-10(17)2-3-11(13)23(9-18)20-19/h2-3,6,9,12,18-19H,4-5,7-8H2,1H3,(H,26,27). The number of nitrogens with zero attached hydrogens (tertiary/aromatic N) is 4. The van der Waals surface area contributed by atoms with Crippen molar-refractivity contribution in [3.8, 4) is 0 Å². The van der Waals surface area contributed by atoms with E-state index in [-0.39, 0.29) is 29.4 Å². The molecule has 28 heavy (non-hydrogen) atoms. The second-order valence-electron chi connectivity index (χ2n) is 5.84. The first-order chi connectivity index (χ1) is 13.3.